The Labute approximate surface area is 62.6 Å². The third-order valence-corrected chi connectivity index (χ3v) is 1.32. The Kier molecular flexibility index (Phi) is 1.91. The predicted molar refractivity (Wildman–Crippen MR) is 36.8 cm³/mol. The molecule has 0 radical (unpaired) electrons. The summed E-state index contributed by atoms with van der Waals surface area (Å²) in [6.45, 7) is 0.158. The van der Waals surface area contributed by atoms with Gasteiger partial charge in [-0.2, -0.15) is 0 Å². The maximum Gasteiger partial charge on any atom is 0.266 e. The molecule has 4 nitrogen and oxygen atoms in total. The van der Waals surface area contributed by atoms with E-state index < -0.39 is 4.92 Å². The van der Waals surface area contributed by atoms with Crippen LogP contribution in [0.4, 0.5) is 0 Å². The molecular formula is C5H5ClN2O2. The molecule has 0 aromatic rings. The summed E-state index contributed by atoms with van der Waals surface area (Å²) in [6, 6.07) is 0. The van der Waals surface area contributed by atoms with Gasteiger partial charge in [0.15, 0.2) is 0 Å². The summed E-state index contributed by atoms with van der Waals surface area (Å²) in [5.41, 5.74) is 0.109. The van der Waals surface area contributed by atoms with E-state index in [-0.39, 0.29) is 12.2 Å². The Morgan fingerprint density at radius 2 is 2.50 bits per heavy atom. The molecule has 0 saturated carbocycles. The lowest BCUT2D eigenvalue weighted by Crippen LogP contribution is -2.16. The molecule has 0 unspecified atom stereocenters. The van der Waals surface area contributed by atoms with Gasteiger partial charge < -0.3 is 0 Å². The van der Waals surface area contributed by atoms with Gasteiger partial charge in [0.1, 0.15) is 6.54 Å². The van der Waals surface area contributed by atoms with Crippen molar-refractivity contribution in [3.63, 3.8) is 0 Å². The first-order valence-corrected chi connectivity index (χ1v) is 2.98. The van der Waals surface area contributed by atoms with E-state index in [1.807, 2.05) is 0 Å². The molecule has 0 aromatic carbocycles. The van der Waals surface area contributed by atoms with Crippen molar-refractivity contribution in [3.05, 3.63) is 34.2 Å². The van der Waals surface area contributed by atoms with Crippen molar-refractivity contribution >= 4 is 11.8 Å². The van der Waals surface area contributed by atoms with Crippen LogP contribution in [0.5, 0.6) is 0 Å². The van der Waals surface area contributed by atoms with E-state index in [2.05, 4.69) is 0 Å². The number of allylic oxidation sites excluding steroid dienone is 2. The van der Waals surface area contributed by atoms with E-state index >= 15 is 0 Å². The highest BCUT2D eigenvalue weighted by molar-refractivity contribution is 6.14. The summed E-state index contributed by atoms with van der Waals surface area (Å²) in [5.74, 6) is 0. The maximum absolute atomic E-state index is 10.1. The summed E-state index contributed by atoms with van der Waals surface area (Å²) in [5, 5.41) is 10.1. The number of nitrogens with zero attached hydrogens (tertiary/aromatic N) is 2. The van der Waals surface area contributed by atoms with Crippen molar-refractivity contribution in [1.82, 2.24) is 4.42 Å². The van der Waals surface area contributed by atoms with E-state index in [9.17, 15) is 10.1 Å². The Bertz CT molecular complexity index is 212. The molecule has 5 heteroatoms. The molecular weight excluding hydrogens is 156 g/mol. The van der Waals surface area contributed by atoms with Crippen molar-refractivity contribution in [2.75, 3.05) is 6.54 Å². The van der Waals surface area contributed by atoms with Crippen LogP contribution in [-0.2, 0) is 0 Å². The third-order valence-electron chi connectivity index (χ3n) is 1.08. The Morgan fingerprint density at radius 3 is 2.90 bits per heavy atom. The van der Waals surface area contributed by atoms with Crippen LogP contribution < -0.4 is 0 Å². The summed E-state index contributed by atoms with van der Waals surface area (Å²) in [4.78, 5) is 9.67. The lowest BCUT2D eigenvalue weighted by atomic mass is 10.3. The van der Waals surface area contributed by atoms with Crippen LogP contribution in [0.1, 0.15) is 0 Å². The van der Waals surface area contributed by atoms with Gasteiger partial charge >= 0.3 is 0 Å². The lowest BCUT2D eigenvalue weighted by molar-refractivity contribution is -0.427. The standard InChI is InChI=1S/C5H5ClN2O2/c6-7-3-1-2-5(4-7)8(9)10/h1-3H,4H2. The molecule has 54 valence electrons. The van der Waals surface area contributed by atoms with Crippen LogP contribution in [0.3, 0.4) is 0 Å². The van der Waals surface area contributed by atoms with Crippen molar-refractivity contribution in [2.24, 2.45) is 0 Å². The van der Waals surface area contributed by atoms with Crippen molar-refractivity contribution in [2.45, 2.75) is 0 Å². The second-order valence-electron chi connectivity index (χ2n) is 1.81. The van der Waals surface area contributed by atoms with Crippen molar-refractivity contribution < 1.29 is 4.92 Å². The quantitative estimate of drug-likeness (QED) is 0.328. The fraction of sp³-hybridized carbons (Fsp3) is 0.200. The van der Waals surface area contributed by atoms with Crippen LogP contribution in [0.25, 0.3) is 0 Å². The zero-order valence-corrected chi connectivity index (χ0v) is 5.78. The van der Waals surface area contributed by atoms with Crippen LogP contribution in [0.15, 0.2) is 24.0 Å². The van der Waals surface area contributed by atoms with Gasteiger partial charge in [0, 0.05) is 24.1 Å². The largest absolute Gasteiger partial charge is 0.282 e. The minimum atomic E-state index is -0.446. The van der Waals surface area contributed by atoms with Crippen LogP contribution in [0, 0.1) is 10.1 Å². The zero-order chi connectivity index (χ0) is 7.56. The molecule has 1 rings (SSSR count). The van der Waals surface area contributed by atoms with Crippen LogP contribution >= 0.6 is 11.8 Å². The second kappa shape index (κ2) is 2.70. The Hall–Kier alpha value is -1.03. The van der Waals surface area contributed by atoms with Crippen molar-refractivity contribution in [3.8, 4) is 0 Å². The molecule has 1 aliphatic rings. The first-order chi connectivity index (χ1) is 4.70. The fourth-order valence-electron chi connectivity index (χ4n) is 0.626. The molecule has 0 aliphatic carbocycles. The van der Waals surface area contributed by atoms with Crippen LogP contribution in [-0.4, -0.2) is 15.9 Å². The van der Waals surface area contributed by atoms with Crippen molar-refractivity contribution in [1.29, 1.82) is 0 Å². The Morgan fingerprint density at radius 1 is 1.80 bits per heavy atom. The van der Waals surface area contributed by atoms with Gasteiger partial charge in [-0.1, -0.05) is 0 Å². The molecule has 0 atom stereocenters. The van der Waals surface area contributed by atoms with E-state index in [4.69, 9.17) is 11.8 Å². The average molecular weight is 161 g/mol. The smallest absolute Gasteiger partial charge is 0.266 e. The molecule has 0 saturated heterocycles. The Balaban J connectivity index is 2.71. The number of hydrogen-bond acceptors (Lipinski definition) is 3. The van der Waals surface area contributed by atoms with Gasteiger partial charge in [0.25, 0.3) is 5.70 Å². The average Bonchev–Trinajstić information content (AvgIpc) is 1.88. The normalized spacial score (nSPS) is 16.9. The van der Waals surface area contributed by atoms with Gasteiger partial charge in [-0.25, -0.2) is 0 Å². The molecule has 1 heterocycles. The van der Waals surface area contributed by atoms with Crippen LogP contribution in [0.2, 0.25) is 0 Å². The van der Waals surface area contributed by atoms with Gasteiger partial charge in [-0.05, 0) is 6.08 Å². The summed E-state index contributed by atoms with van der Waals surface area (Å²) in [6.07, 6.45) is 4.53. The molecule has 0 fully saturated rings. The third kappa shape index (κ3) is 1.48. The molecule has 0 N–H and O–H groups in total. The predicted octanol–water partition coefficient (Wildman–Crippen LogP) is 1.13. The maximum atomic E-state index is 10.1. The minimum absolute atomic E-state index is 0.109. The molecule has 10 heavy (non-hydrogen) atoms. The molecule has 0 aromatic heterocycles. The molecule has 0 spiro atoms. The van der Waals surface area contributed by atoms with E-state index in [0.717, 1.165) is 0 Å². The molecule has 0 amide bonds. The summed E-state index contributed by atoms with van der Waals surface area (Å²) in [7, 11) is 0. The molecule has 0 bridgehead atoms. The molecule has 1 aliphatic heterocycles. The van der Waals surface area contributed by atoms with Gasteiger partial charge in [-0.3, -0.25) is 14.5 Å². The first kappa shape index (κ1) is 7.08. The fourth-order valence-corrected chi connectivity index (χ4v) is 0.814. The summed E-state index contributed by atoms with van der Waals surface area (Å²) < 4.78 is 1.23. The van der Waals surface area contributed by atoms with E-state index in [0.29, 0.717) is 0 Å². The topological polar surface area (TPSA) is 46.4 Å². The van der Waals surface area contributed by atoms with Gasteiger partial charge in [0.05, 0.1) is 4.92 Å². The van der Waals surface area contributed by atoms with E-state index in [1.54, 1.807) is 6.20 Å². The van der Waals surface area contributed by atoms with E-state index in [1.165, 1.54) is 16.6 Å². The lowest BCUT2D eigenvalue weighted by Gasteiger charge is -2.10. The number of nitro groups is 1. The highest BCUT2D eigenvalue weighted by Gasteiger charge is 2.14. The minimum Gasteiger partial charge on any atom is -0.282 e. The highest BCUT2D eigenvalue weighted by Crippen LogP contribution is 2.08. The number of halogens is 1. The SMILES string of the molecule is O=[N+]([O-])C1=CC=CN(Cl)C1. The number of hydrogen-bond donors (Lipinski definition) is 0. The van der Waals surface area contributed by atoms with Gasteiger partial charge in [0.2, 0.25) is 0 Å². The first-order valence-electron chi connectivity index (χ1n) is 2.64. The highest BCUT2D eigenvalue weighted by atomic mass is 35.5. The zero-order valence-electron chi connectivity index (χ0n) is 5.03. The van der Waals surface area contributed by atoms with Gasteiger partial charge in [-0.15, -0.1) is 0 Å². The summed E-state index contributed by atoms with van der Waals surface area (Å²) >= 11 is 5.46. The monoisotopic (exact) mass is 160 g/mol. The number of rotatable bonds is 1. The second-order valence-corrected chi connectivity index (χ2v) is 2.25.